The molecule has 6 heteroatoms. The van der Waals surface area contributed by atoms with Crippen molar-refractivity contribution in [2.45, 2.75) is 29.7 Å². The second-order valence-corrected chi connectivity index (χ2v) is 4.92. The number of halogens is 1. The molecule has 0 saturated carbocycles. The molecule has 2 atom stereocenters. The summed E-state index contributed by atoms with van der Waals surface area (Å²) in [4.78, 5) is 14.9. The number of rotatable bonds is 5. The first kappa shape index (κ1) is 13.3. The molecule has 2 N–H and O–H groups in total. The van der Waals surface area contributed by atoms with Crippen LogP contribution in [0.4, 0.5) is 0 Å². The van der Waals surface area contributed by atoms with Crippen molar-refractivity contribution in [3.63, 3.8) is 0 Å². The fourth-order valence-electron chi connectivity index (χ4n) is 1.10. The number of aliphatic hydroxyl groups excluding tert-OH is 1. The van der Waals surface area contributed by atoms with Crippen LogP contribution in [0, 0.1) is 0 Å². The molecule has 0 spiro atoms. The molecule has 0 bridgehead atoms. The van der Waals surface area contributed by atoms with E-state index in [-0.39, 0.29) is 6.42 Å². The summed E-state index contributed by atoms with van der Waals surface area (Å²) in [5.41, 5.74) is 0. The molecule has 4 nitrogen and oxygen atoms in total. The molecule has 0 aliphatic heterocycles. The van der Waals surface area contributed by atoms with Crippen LogP contribution in [0.1, 0.15) is 13.3 Å². The zero-order valence-electron chi connectivity index (χ0n) is 8.63. The molecular weight excluding hydrogens is 250 g/mol. The van der Waals surface area contributed by atoms with Crippen LogP contribution in [-0.4, -0.2) is 32.5 Å². The largest absolute Gasteiger partial charge is 0.480 e. The molecule has 0 aliphatic carbocycles. The summed E-state index contributed by atoms with van der Waals surface area (Å²) < 4.78 is 0. The van der Waals surface area contributed by atoms with Crippen molar-refractivity contribution in [1.29, 1.82) is 0 Å². The highest BCUT2D eigenvalue weighted by molar-refractivity contribution is 8.00. The van der Waals surface area contributed by atoms with Crippen molar-refractivity contribution in [2.75, 3.05) is 0 Å². The van der Waals surface area contributed by atoms with Crippen molar-refractivity contribution in [3.05, 3.63) is 23.4 Å². The molecule has 1 rings (SSSR count). The molecule has 0 aromatic carbocycles. The second-order valence-electron chi connectivity index (χ2n) is 3.32. The van der Waals surface area contributed by atoms with Crippen molar-refractivity contribution < 1.29 is 15.0 Å². The minimum absolute atomic E-state index is 0.160. The first-order chi connectivity index (χ1) is 7.50. The van der Waals surface area contributed by atoms with Crippen LogP contribution in [0.25, 0.3) is 0 Å². The number of pyridine rings is 1. The first-order valence-corrected chi connectivity index (χ1v) is 5.94. The van der Waals surface area contributed by atoms with Gasteiger partial charge < -0.3 is 10.2 Å². The third-order valence-electron chi connectivity index (χ3n) is 1.81. The summed E-state index contributed by atoms with van der Waals surface area (Å²) >= 11 is 6.92. The number of carbonyl (C=O) groups is 1. The summed E-state index contributed by atoms with van der Waals surface area (Å²) in [6.07, 6.45) is 1.04. The van der Waals surface area contributed by atoms with Gasteiger partial charge >= 0.3 is 5.97 Å². The standard InChI is InChI=1S/C10H12ClNO3S/c1-6(13)5-8(10(14)15)16-9-7(11)3-2-4-12-9/h2-4,6,8,13H,5H2,1H3,(H,14,15)/t6-,8-/m0/s1. The summed E-state index contributed by atoms with van der Waals surface area (Å²) in [7, 11) is 0. The molecule has 1 heterocycles. The predicted octanol–water partition coefficient (Wildman–Crippen LogP) is 2.05. The van der Waals surface area contributed by atoms with E-state index in [2.05, 4.69) is 4.98 Å². The highest BCUT2D eigenvalue weighted by Crippen LogP contribution is 2.30. The van der Waals surface area contributed by atoms with E-state index in [0.29, 0.717) is 10.0 Å². The lowest BCUT2D eigenvalue weighted by molar-refractivity contribution is -0.136. The quantitative estimate of drug-likeness (QED) is 0.794. The van der Waals surface area contributed by atoms with E-state index < -0.39 is 17.3 Å². The van der Waals surface area contributed by atoms with Crippen LogP contribution >= 0.6 is 23.4 Å². The minimum Gasteiger partial charge on any atom is -0.480 e. The molecule has 1 aromatic rings. The van der Waals surface area contributed by atoms with Crippen LogP contribution in [0.15, 0.2) is 23.4 Å². The Morgan fingerprint density at radius 1 is 1.69 bits per heavy atom. The lowest BCUT2D eigenvalue weighted by Crippen LogP contribution is -2.21. The minimum atomic E-state index is -0.979. The summed E-state index contributed by atoms with van der Waals surface area (Å²) in [5, 5.41) is 18.3. The summed E-state index contributed by atoms with van der Waals surface area (Å²) in [6, 6.07) is 3.33. The number of thioether (sulfide) groups is 1. The fourth-order valence-corrected chi connectivity index (χ4v) is 2.40. The Labute approximate surface area is 103 Å². The average molecular weight is 262 g/mol. The summed E-state index contributed by atoms with van der Waals surface area (Å²) in [5.74, 6) is -0.979. The van der Waals surface area contributed by atoms with Gasteiger partial charge in [0.15, 0.2) is 0 Å². The van der Waals surface area contributed by atoms with E-state index in [9.17, 15) is 9.90 Å². The number of aliphatic carboxylic acids is 1. The van der Waals surface area contributed by atoms with Gasteiger partial charge in [0, 0.05) is 6.20 Å². The maximum atomic E-state index is 10.9. The zero-order valence-corrected chi connectivity index (χ0v) is 10.2. The maximum absolute atomic E-state index is 10.9. The molecular formula is C10H12ClNO3S. The van der Waals surface area contributed by atoms with E-state index in [4.69, 9.17) is 16.7 Å². The van der Waals surface area contributed by atoms with E-state index in [1.807, 2.05) is 0 Å². The Kier molecular flexibility index (Phi) is 5.05. The zero-order chi connectivity index (χ0) is 12.1. The van der Waals surface area contributed by atoms with Gasteiger partial charge in [-0.05, 0) is 25.5 Å². The van der Waals surface area contributed by atoms with Crippen LogP contribution in [0.2, 0.25) is 5.02 Å². The van der Waals surface area contributed by atoms with E-state index in [0.717, 1.165) is 11.8 Å². The molecule has 0 aliphatic rings. The highest BCUT2D eigenvalue weighted by Gasteiger charge is 2.22. The SMILES string of the molecule is C[C@H](O)C[C@H](Sc1ncccc1Cl)C(=O)O. The van der Waals surface area contributed by atoms with E-state index in [1.54, 1.807) is 25.3 Å². The fraction of sp³-hybridized carbons (Fsp3) is 0.400. The van der Waals surface area contributed by atoms with Crippen molar-refractivity contribution in [2.24, 2.45) is 0 Å². The van der Waals surface area contributed by atoms with Gasteiger partial charge in [-0.1, -0.05) is 23.4 Å². The molecule has 0 fully saturated rings. The van der Waals surface area contributed by atoms with Crippen molar-refractivity contribution in [1.82, 2.24) is 4.98 Å². The number of carboxylic acid groups (broad SMARTS) is 1. The number of carboxylic acids is 1. The van der Waals surface area contributed by atoms with E-state index in [1.165, 1.54) is 0 Å². The Balaban J connectivity index is 2.76. The third kappa shape index (κ3) is 4.00. The van der Waals surface area contributed by atoms with Gasteiger partial charge in [0.1, 0.15) is 10.3 Å². The lowest BCUT2D eigenvalue weighted by atomic mass is 10.2. The van der Waals surface area contributed by atoms with Gasteiger partial charge in [-0.25, -0.2) is 4.98 Å². The molecule has 88 valence electrons. The Hall–Kier alpha value is -0.780. The average Bonchev–Trinajstić information content (AvgIpc) is 2.19. The molecule has 16 heavy (non-hydrogen) atoms. The second kappa shape index (κ2) is 6.08. The van der Waals surface area contributed by atoms with Crippen molar-refractivity contribution >= 4 is 29.3 Å². The van der Waals surface area contributed by atoms with Crippen LogP contribution < -0.4 is 0 Å². The van der Waals surface area contributed by atoms with Gasteiger partial charge in [-0.2, -0.15) is 0 Å². The van der Waals surface area contributed by atoms with Gasteiger partial charge in [-0.3, -0.25) is 4.79 Å². The first-order valence-electron chi connectivity index (χ1n) is 4.68. The molecule has 0 radical (unpaired) electrons. The summed E-state index contributed by atoms with van der Waals surface area (Å²) in [6.45, 7) is 1.55. The number of nitrogens with zero attached hydrogens (tertiary/aromatic N) is 1. The number of hydrogen-bond donors (Lipinski definition) is 2. The normalized spacial score (nSPS) is 14.4. The van der Waals surface area contributed by atoms with E-state index >= 15 is 0 Å². The third-order valence-corrected chi connectivity index (χ3v) is 3.45. The maximum Gasteiger partial charge on any atom is 0.317 e. The lowest BCUT2D eigenvalue weighted by Gasteiger charge is -2.13. The van der Waals surface area contributed by atoms with Gasteiger partial charge in [0.05, 0.1) is 11.1 Å². The molecule has 0 amide bonds. The van der Waals surface area contributed by atoms with Gasteiger partial charge in [-0.15, -0.1) is 0 Å². The number of aromatic nitrogens is 1. The Bertz CT molecular complexity index is 373. The predicted molar refractivity (Wildman–Crippen MR) is 62.8 cm³/mol. The highest BCUT2D eigenvalue weighted by atomic mass is 35.5. The van der Waals surface area contributed by atoms with Crippen LogP contribution in [-0.2, 0) is 4.79 Å². The van der Waals surface area contributed by atoms with Gasteiger partial charge in [0.2, 0.25) is 0 Å². The molecule has 0 saturated heterocycles. The Morgan fingerprint density at radius 3 is 2.88 bits per heavy atom. The Morgan fingerprint density at radius 2 is 2.38 bits per heavy atom. The smallest absolute Gasteiger partial charge is 0.317 e. The topological polar surface area (TPSA) is 70.4 Å². The molecule has 0 unspecified atom stereocenters. The number of aliphatic hydroxyl groups is 1. The monoisotopic (exact) mass is 261 g/mol. The molecule has 1 aromatic heterocycles. The van der Waals surface area contributed by atoms with Crippen LogP contribution in [0.3, 0.4) is 0 Å². The van der Waals surface area contributed by atoms with Crippen molar-refractivity contribution in [3.8, 4) is 0 Å². The van der Waals surface area contributed by atoms with Gasteiger partial charge in [0.25, 0.3) is 0 Å². The van der Waals surface area contributed by atoms with Crippen LogP contribution in [0.5, 0.6) is 0 Å². The number of hydrogen-bond acceptors (Lipinski definition) is 4.